The van der Waals surface area contributed by atoms with E-state index in [1.165, 1.54) is 5.56 Å². The molecule has 1 rings (SSSR count). The summed E-state index contributed by atoms with van der Waals surface area (Å²) in [5.41, 5.74) is 2.33. The van der Waals surface area contributed by atoms with E-state index in [0.717, 1.165) is 12.0 Å². The van der Waals surface area contributed by atoms with E-state index >= 15 is 0 Å². The maximum absolute atomic E-state index is 11.8. The lowest BCUT2D eigenvalue weighted by Gasteiger charge is -2.17. The van der Waals surface area contributed by atoms with Crippen molar-refractivity contribution >= 4 is 6.03 Å². The molecular weight excluding hydrogens is 228 g/mol. The highest BCUT2D eigenvalue weighted by Gasteiger charge is 2.06. The molecule has 18 heavy (non-hydrogen) atoms. The summed E-state index contributed by atoms with van der Waals surface area (Å²) in [6.45, 7) is 3.99. The minimum Gasteiger partial charge on any atom is -0.385 e. The quantitative estimate of drug-likeness (QED) is 0.786. The van der Waals surface area contributed by atoms with Gasteiger partial charge in [0.05, 0.1) is 0 Å². The number of amides is 2. The smallest absolute Gasteiger partial charge is 0.317 e. The van der Waals surface area contributed by atoms with Gasteiger partial charge in [-0.25, -0.2) is 4.79 Å². The number of nitrogens with one attached hydrogen (secondary N) is 1. The fourth-order valence-electron chi connectivity index (χ4n) is 1.57. The normalized spacial score (nSPS) is 10.2. The van der Waals surface area contributed by atoms with E-state index in [1.807, 2.05) is 31.2 Å². The number of ether oxygens (including phenoxy) is 1. The number of carbonyl (C=O) groups excluding carboxylic acids is 1. The lowest BCUT2D eigenvalue weighted by molar-refractivity contribution is 0.175. The summed E-state index contributed by atoms with van der Waals surface area (Å²) in [5.74, 6) is 0. The first-order chi connectivity index (χ1) is 8.63. The second-order valence-electron chi connectivity index (χ2n) is 4.41. The predicted molar refractivity (Wildman–Crippen MR) is 72.5 cm³/mol. The molecular formula is C14H22N2O2. The van der Waals surface area contributed by atoms with Crippen LogP contribution in [-0.4, -0.2) is 38.2 Å². The highest BCUT2D eigenvalue weighted by atomic mass is 16.5. The number of methoxy groups -OCH3 is 1. The van der Waals surface area contributed by atoms with Crippen LogP contribution in [0.4, 0.5) is 4.79 Å². The number of rotatable bonds is 6. The number of hydrogen-bond acceptors (Lipinski definition) is 2. The number of hydrogen-bond donors (Lipinski definition) is 1. The van der Waals surface area contributed by atoms with E-state index in [9.17, 15) is 4.79 Å². The summed E-state index contributed by atoms with van der Waals surface area (Å²) in [7, 11) is 3.46. The Hall–Kier alpha value is -1.55. The third-order valence-electron chi connectivity index (χ3n) is 2.75. The van der Waals surface area contributed by atoms with Gasteiger partial charge >= 0.3 is 6.03 Å². The lowest BCUT2D eigenvalue weighted by atomic mass is 10.1. The van der Waals surface area contributed by atoms with Crippen LogP contribution in [0.3, 0.4) is 0 Å². The third-order valence-corrected chi connectivity index (χ3v) is 2.75. The summed E-state index contributed by atoms with van der Waals surface area (Å²) in [6, 6.07) is 8.10. The number of urea groups is 1. The van der Waals surface area contributed by atoms with Crippen molar-refractivity contribution in [2.24, 2.45) is 0 Å². The average Bonchev–Trinajstić information content (AvgIpc) is 2.38. The lowest BCUT2D eigenvalue weighted by Crippen LogP contribution is -2.37. The number of nitrogens with zero attached hydrogens (tertiary/aromatic N) is 1. The molecule has 0 saturated carbocycles. The van der Waals surface area contributed by atoms with Gasteiger partial charge in [-0.15, -0.1) is 0 Å². The maximum Gasteiger partial charge on any atom is 0.317 e. The Bertz CT molecular complexity index is 363. The molecule has 0 radical (unpaired) electrons. The molecule has 4 heteroatoms. The van der Waals surface area contributed by atoms with Gasteiger partial charge in [-0.1, -0.05) is 29.8 Å². The molecule has 0 unspecified atom stereocenters. The highest BCUT2D eigenvalue weighted by Crippen LogP contribution is 2.02. The van der Waals surface area contributed by atoms with Crippen LogP contribution < -0.4 is 5.32 Å². The van der Waals surface area contributed by atoms with Crippen LogP contribution in [-0.2, 0) is 11.3 Å². The van der Waals surface area contributed by atoms with Crippen LogP contribution in [0, 0.1) is 6.92 Å². The fourth-order valence-corrected chi connectivity index (χ4v) is 1.57. The van der Waals surface area contributed by atoms with Crippen molar-refractivity contribution in [1.29, 1.82) is 0 Å². The average molecular weight is 250 g/mol. The third kappa shape index (κ3) is 5.19. The SMILES string of the molecule is COCCCN(C)C(=O)NCc1ccc(C)cc1. The van der Waals surface area contributed by atoms with Crippen LogP contribution in [0.1, 0.15) is 17.5 Å². The molecule has 1 aromatic carbocycles. The summed E-state index contributed by atoms with van der Waals surface area (Å²) >= 11 is 0. The zero-order valence-electron chi connectivity index (χ0n) is 11.4. The zero-order chi connectivity index (χ0) is 13.4. The standard InChI is InChI=1S/C14H22N2O2/c1-12-5-7-13(8-6-12)11-15-14(17)16(2)9-4-10-18-3/h5-8H,4,9-11H2,1-3H3,(H,15,17). The van der Waals surface area contributed by atoms with Crippen LogP contribution in [0.15, 0.2) is 24.3 Å². The van der Waals surface area contributed by atoms with E-state index in [0.29, 0.717) is 19.7 Å². The molecule has 0 aromatic heterocycles. The Kier molecular flexibility index (Phi) is 6.22. The van der Waals surface area contributed by atoms with Crippen LogP contribution in [0.2, 0.25) is 0 Å². The van der Waals surface area contributed by atoms with Crippen molar-refractivity contribution in [3.8, 4) is 0 Å². The first kappa shape index (κ1) is 14.5. The van der Waals surface area contributed by atoms with Crippen molar-refractivity contribution in [3.05, 3.63) is 35.4 Å². The number of aryl methyl sites for hydroxylation is 1. The molecule has 0 aliphatic carbocycles. The van der Waals surface area contributed by atoms with Gasteiger partial charge in [-0.05, 0) is 18.9 Å². The Morgan fingerprint density at radius 1 is 1.33 bits per heavy atom. The molecule has 4 nitrogen and oxygen atoms in total. The molecule has 0 bridgehead atoms. The Labute approximate surface area is 109 Å². The van der Waals surface area contributed by atoms with Gasteiger partial charge in [0.1, 0.15) is 0 Å². The van der Waals surface area contributed by atoms with Gasteiger partial charge in [0, 0.05) is 33.9 Å². The summed E-state index contributed by atoms with van der Waals surface area (Å²) in [5, 5.41) is 2.89. The minimum absolute atomic E-state index is 0.0494. The molecule has 0 fully saturated rings. The van der Waals surface area contributed by atoms with Crippen molar-refractivity contribution in [2.45, 2.75) is 19.9 Å². The molecule has 0 aliphatic heterocycles. The second kappa shape index (κ2) is 7.71. The predicted octanol–water partition coefficient (Wildman–Crippen LogP) is 2.17. The van der Waals surface area contributed by atoms with Gasteiger partial charge < -0.3 is 15.0 Å². The van der Waals surface area contributed by atoms with Crippen molar-refractivity contribution in [3.63, 3.8) is 0 Å². The largest absolute Gasteiger partial charge is 0.385 e. The van der Waals surface area contributed by atoms with E-state index in [4.69, 9.17) is 4.74 Å². The van der Waals surface area contributed by atoms with Gasteiger partial charge in [-0.3, -0.25) is 0 Å². The first-order valence-electron chi connectivity index (χ1n) is 6.17. The monoisotopic (exact) mass is 250 g/mol. The van der Waals surface area contributed by atoms with Crippen LogP contribution in [0.5, 0.6) is 0 Å². The molecule has 1 N–H and O–H groups in total. The molecule has 1 aromatic rings. The molecule has 100 valence electrons. The van der Waals surface area contributed by atoms with Gasteiger partial charge in [0.2, 0.25) is 0 Å². The van der Waals surface area contributed by atoms with Crippen LogP contribution in [0.25, 0.3) is 0 Å². The van der Waals surface area contributed by atoms with Gasteiger partial charge in [0.15, 0.2) is 0 Å². The molecule has 0 atom stereocenters. The summed E-state index contributed by atoms with van der Waals surface area (Å²) in [4.78, 5) is 13.4. The van der Waals surface area contributed by atoms with E-state index in [-0.39, 0.29) is 6.03 Å². The zero-order valence-corrected chi connectivity index (χ0v) is 11.4. The molecule has 0 aliphatic rings. The van der Waals surface area contributed by atoms with Crippen molar-refractivity contribution in [1.82, 2.24) is 10.2 Å². The second-order valence-corrected chi connectivity index (χ2v) is 4.41. The Morgan fingerprint density at radius 3 is 2.61 bits per heavy atom. The number of carbonyl (C=O) groups is 1. The van der Waals surface area contributed by atoms with E-state index in [2.05, 4.69) is 5.32 Å². The molecule has 0 saturated heterocycles. The first-order valence-corrected chi connectivity index (χ1v) is 6.17. The van der Waals surface area contributed by atoms with E-state index in [1.54, 1.807) is 19.1 Å². The van der Waals surface area contributed by atoms with Gasteiger partial charge in [0.25, 0.3) is 0 Å². The topological polar surface area (TPSA) is 41.6 Å². The van der Waals surface area contributed by atoms with Crippen molar-refractivity contribution < 1.29 is 9.53 Å². The Morgan fingerprint density at radius 2 is 2.00 bits per heavy atom. The molecule has 2 amide bonds. The van der Waals surface area contributed by atoms with Gasteiger partial charge in [-0.2, -0.15) is 0 Å². The maximum atomic E-state index is 11.8. The summed E-state index contributed by atoms with van der Waals surface area (Å²) in [6.07, 6.45) is 0.852. The molecule has 0 heterocycles. The fraction of sp³-hybridized carbons (Fsp3) is 0.500. The van der Waals surface area contributed by atoms with E-state index < -0.39 is 0 Å². The van der Waals surface area contributed by atoms with Crippen LogP contribution >= 0.6 is 0 Å². The van der Waals surface area contributed by atoms with Crippen molar-refractivity contribution in [2.75, 3.05) is 27.3 Å². The highest BCUT2D eigenvalue weighted by molar-refractivity contribution is 5.73. The Balaban J connectivity index is 2.29. The summed E-state index contributed by atoms with van der Waals surface area (Å²) < 4.78 is 4.95. The molecule has 0 spiro atoms. The minimum atomic E-state index is -0.0494. The number of benzene rings is 1.